The predicted molar refractivity (Wildman–Crippen MR) is 168 cm³/mol. The molecule has 1 aromatic carbocycles. The molecule has 0 spiro atoms. The molecule has 0 unspecified atom stereocenters. The van der Waals surface area contributed by atoms with Crippen molar-refractivity contribution in [1.82, 2.24) is 5.32 Å². The zero-order valence-corrected chi connectivity index (χ0v) is 27.6. The number of rotatable bonds is 18. The molecule has 0 saturated heterocycles. The fraction of sp³-hybridized carbons (Fsp3) is 0.743. The van der Waals surface area contributed by atoms with Gasteiger partial charge in [0.15, 0.2) is 0 Å². The zero-order valence-electron chi connectivity index (χ0n) is 27.6. The van der Waals surface area contributed by atoms with E-state index in [1.807, 2.05) is 20.8 Å². The second-order valence-corrected chi connectivity index (χ2v) is 13.6. The minimum atomic E-state index is -1.06. The molecule has 2 N–H and O–H groups in total. The lowest BCUT2D eigenvalue weighted by molar-refractivity contribution is -0.139. The Morgan fingerprint density at radius 3 is 2.07 bits per heavy atom. The Hall–Kier alpha value is -2.57. The maximum atomic E-state index is 12.5. The second-order valence-electron chi connectivity index (χ2n) is 13.6. The topological polar surface area (TPSA) is 102 Å². The molecule has 0 radical (unpaired) electrons. The number of nitrogens with one attached hydrogen (secondary N) is 1. The van der Waals surface area contributed by atoms with Gasteiger partial charge in [-0.15, -0.1) is 0 Å². The SMILES string of the molecule is Cc1c(C)c2c(c(C)c1OC(=O)CNC(=O)CCC(=O)O)CC[C@@](C)(CCC[C@H](C)CCC[C@H](C)CCCC(C)C)O2. The van der Waals surface area contributed by atoms with Gasteiger partial charge in [0.25, 0.3) is 0 Å². The van der Waals surface area contributed by atoms with Gasteiger partial charge in [0.2, 0.25) is 5.91 Å². The van der Waals surface area contributed by atoms with E-state index in [-0.39, 0.29) is 25.0 Å². The van der Waals surface area contributed by atoms with E-state index in [0.717, 1.165) is 71.4 Å². The van der Waals surface area contributed by atoms with Crippen LogP contribution in [0, 0.1) is 38.5 Å². The largest absolute Gasteiger partial charge is 0.487 e. The molecular weight excluding hydrogens is 530 g/mol. The van der Waals surface area contributed by atoms with Gasteiger partial charge < -0.3 is 19.9 Å². The molecule has 1 heterocycles. The predicted octanol–water partition coefficient (Wildman–Crippen LogP) is 8.02. The molecule has 1 aliphatic heterocycles. The highest BCUT2D eigenvalue weighted by molar-refractivity contribution is 5.85. The van der Waals surface area contributed by atoms with Crippen LogP contribution in [0.25, 0.3) is 0 Å². The third-order valence-electron chi connectivity index (χ3n) is 9.05. The van der Waals surface area contributed by atoms with Crippen LogP contribution in [0.4, 0.5) is 0 Å². The van der Waals surface area contributed by atoms with Crippen molar-refractivity contribution in [2.24, 2.45) is 17.8 Å². The third kappa shape index (κ3) is 11.6. The summed E-state index contributed by atoms with van der Waals surface area (Å²) in [5.41, 5.74) is 3.60. The number of fused-ring (bicyclic) bond motifs is 1. The van der Waals surface area contributed by atoms with Crippen LogP contribution < -0.4 is 14.8 Å². The standard InChI is InChI=1S/C35H57NO6/c1-23(2)12-9-13-24(3)14-10-15-25(4)16-11-20-35(8)21-19-29-28(7)33(26(5)27(6)34(29)42-35)41-32(40)22-36-30(37)17-18-31(38)39/h23-25H,9-22H2,1-8H3,(H,36,37)(H,38,39)/t24-,25-,35-/m1/s1. The van der Waals surface area contributed by atoms with Gasteiger partial charge in [-0.3, -0.25) is 9.59 Å². The quantitative estimate of drug-likeness (QED) is 0.133. The first kappa shape index (κ1) is 35.6. The van der Waals surface area contributed by atoms with Crippen molar-refractivity contribution < 1.29 is 29.0 Å². The number of hydrogen-bond acceptors (Lipinski definition) is 5. The smallest absolute Gasteiger partial charge is 0.330 e. The Bertz CT molecular complexity index is 1060. The average Bonchev–Trinajstić information content (AvgIpc) is 2.91. The highest BCUT2D eigenvalue weighted by Gasteiger charge is 2.34. The molecular formula is C35H57NO6. The average molecular weight is 588 g/mol. The summed E-state index contributed by atoms with van der Waals surface area (Å²) in [7, 11) is 0. The van der Waals surface area contributed by atoms with E-state index in [2.05, 4.69) is 39.9 Å². The number of carbonyl (C=O) groups excluding carboxylic acids is 2. The summed E-state index contributed by atoms with van der Waals surface area (Å²) in [6, 6.07) is 0. The van der Waals surface area contributed by atoms with Gasteiger partial charge in [-0.2, -0.15) is 0 Å². The summed E-state index contributed by atoms with van der Waals surface area (Å²) in [6.07, 6.45) is 12.8. The third-order valence-corrected chi connectivity index (χ3v) is 9.05. The number of esters is 1. The van der Waals surface area contributed by atoms with Crippen LogP contribution in [0.15, 0.2) is 0 Å². The highest BCUT2D eigenvalue weighted by atomic mass is 16.5. The van der Waals surface area contributed by atoms with Crippen molar-refractivity contribution in [2.45, 2.75) is 144 Å². The molecule has 42 heavy (non-hydrogen) atoms. The lowest BCUT2D eigenvalue weighted by atomic mass is 9.83. The Labute approximate surface area is 254 Å². The van der Waals surface area contributed by atoms with E-state index in [9.17, 15) is 14.4 Å². The maximum Gasteiger partial charge on any atom is 0.330 e. The van der Waals surface area contributed by atoms with Gasteiger partial charge in [-0.25, -0.2) is 4.79 Å². The van der Waals surface area contributed by atoms with E-state index < -0.39 is 17.8 Å². The number of benzene rings is 1. The number of aliphatic carboxylic acids is 1. The fourth-order valence-electron chi connectivity index (χ4n) is 6.04. The van der Waals surface area contributed by atoms with E-state index in [1.54, 1.807) is 0 Å². The second kappa shape index (κ2) is 16.9. The first-order valence-electron chi connectivity index (χ1n) is 16.2. The van der Waals surface area contributed by atoms with E-state index in [0.29, 0.717) is 5.75 Å². The molecule has 238 valence electrons. The van der Waals surface area contributed by atoms with Gasteiger partial charge in [0, 0.05) is 12.0 Å². The number of amides is 1. The van der Waals surface area contributed by atoms with Crippen molar-refractivity contribution in [2.75, 3.05) is 6.54 Å². The van der Waals surface area contributed by atoms with Crippen molar-refractivity contribution in [3.05, 3.63) is 22.3 Å². The van der Waals surface area contributed by atoms with E-state index >= 15 is 0 Å². The zero-order chi connectivity index (χ0) is 31.4. The summed E-state index contributed by atoms with van der Waals surface area (Å²) in [6.45, 7) is 17.2. The normalized spacial score (nSPS) is 17.7. The van der Waals surface area contributed by atoms with Gasteiger partial charge in [-0.1, -0.05) is 72.6 Å². The highest BCUT2D eigenvalue weighted by Crippen LogP contribution is 2.45. The van der Waals surface area contributed by atoms with Gasteiger partial charge in [0.05, 0.1) is 6.42 Å². The van der Waals surface area contributed by atoms with Crippen LogP contribution in [0.1, 0.15) is 134 Å². The summed E-state index contributed by atoms with van der Waals surface area (Å²) in [5, 5.41) is 11.1. The van der Waals surface area contributed by atoms with Crippen LogP contribution in [0.5, 0.6) is 11.5 Å². The Morgan fingerprint density at radius 1 is 0.881 bits per heavy atom. The van der Waals surface area contributed by atoms with Gasteiger partial charge in [-0.05, 0) is 87.8 Å². The van der Waals surface area contributed by atoms with Crippen LogP contribution in [0.3, 0.4) is 0 Å². The van der Waals surface area contributed by atoms with Crippen molar-refractivity contribution in [3.8, 4) is 11.5 Å². The number of ether oxygens (including phenoxy) is 2. The molecule has 1 amide bonds. The molecule has 2 rings (SSSR count). The Morgan fingerprint density at radius 2 is 1.48 bits per heavy atom. The first-order chi connectivity index (χ1) is 19.7. The summed E-state index contributed by atoms with van der Waals surface area (Å²) in [4.78, 5) is 34.9. The van der Waals surface area contributed by atoms with Crippen LogP contribution >= 0.6 is 0 Å². The molecule has 1 aromatic rings. The minimum Gasteiger partial charge on any atom is -0.487 e. The van der Waals surface area contributed by atoms with Gasteiger partial charge in [0.1, 0.15) is 23.6 Å². The molecule has 3 atom stereocenters. The van der Waals surface area contributed by atoms with E-state index in [4.69, 9.17) is 14.6 Å². The molecule has 7 nitrogen and oxygen atoms in total. The molecule has 0 saturated carbocycles. The molecule has 0 bridgehead atoms. The van der Waals surface area contributed by atoms with Crippen LogP contribution in [-0.2, 0) is 20.8 Å². The summed E-state index contributed by atoms with van der Waals surface area (Å²) in [5.74, 6) is 1.69. The number of carbonyl (C=O) groups is 3. The number of carboxylic acid groups (broad SMARTS) is 1. The lowest BCUT2D eigenvalue weighted by Crippen LogP contribution is -2.37. The van der Waals surface area contributed by atoms with Crippen LogP contribution in [-0.4, -0.2) is 35.1 Å². The monoisotopic (exact) mass is 587 g/mol. The molecule has 0 aliphatic carbocycles. The van der Waals surface area contributed by atoms with E-state index in [1.165, 1.54) is 44.9 Å². The van der Waals surface area contributed by atoms with Crippen molar-refractivity contribution in [3.63, 3.8) is 0 Å². The number of carboxylic acids is 1. The first-order valence-corrected chi connectivity index (χ1v) is 16.2. The summed E-state index contributed by atoms with van der Waals surface area (Å²) < 4.78 is 12.4. The molecule has 7 heteroatoms. The number of hydrogen-bond donors (Lipinski definition) is 2. The van der Waals surface area contributed by atoms with Crippen molar-refractivity contribution >= 4 is 17.8 Å². The lowest BCUT2D eigenvalue weighted by Gasteiger charge is -2.38. The summed E-state index contributed by atoms with van der Waals surface area (Å²) >= 11 is 0. The molecule has 0 fully saturated rings. The van der Waals surface area contributed by atoms with Crippen molar-refractivity contribution in [1.29, 1.82) is 0 Å². The fourth-order valence-corrected chi connectivity index (χ4v) is 6.04. The maximum absolute atomic E-state index is 12.5. The minimum absolute atomic E-state index is 0.175. The Balaban J connectivity index is 1.87. The molecule has 0 aromatic heterocycles. The van der Waals surface area contributed by atoms with Crippen LogP contribution in [0.2, 0.25) is 0 Å². The molecule has 1 aliphatic rings. The van der Waals surface area contributed by atoms with Gasteiger partial charge >= 0.3 is 11.9 Å². The Kier molecular flexibility index (Phi) is 14.3.